The number of hydrogen-bond acceptors (Lipinski definition) is 8. The van der Waals surface area contributed by atoms with E-state index in [1.54, 1.807) is 6.92 Å². The summed E-state index contributed by atoms with van der Waals surface area (Å²) in [5.74, 6) is 5.63. The molecule has 0 amide bonds. The monoisotopic (exact) mass is 313 g/mol. The van der Waals surface area contributed by atoms with E-state index in [0.29, 0.717) is 5.76 Å². The molecule has 2 aromatic rings. The van der Waals surface area contributed by atoms with Gasteiger partial charge in [-0.15, -0.1) is 0 Å². The fraction of sp³-hybridized carbons (Fsp3) is 0.100. The summed E-state index contributed by atoms with van der Waals surface area (Å²) in [7, 11) is -4.02. The van der Waals surface area contributed by atoms with Crippen molar-refractivity contribution < 1.29 is 17.9 Å². The highest BCUT2D eigenvalue weighted by Gasteiger charge is 2.22. The van der Waals surface area contributed by atoms with Crippen LogP contribution >= 0.6 is 0 Å². The number of hydrogen-bond donors (Lipinski definition) is 3. The van der Waals surface area contributed by atoms with Gasteiger partial charge in [0.15, 0.2) is 5.82 Å². The summed E-state index contributed by atoms with van der Waals surface area (Å²) in [6, 6.07) is 4.53. The normalized spacial score (nSPS) is 11.1. The van der Waals surface area contributed by atoms with Crippen molar-refractivity contribution in [2.24, 2.45) is 5.84 Å². The summed E-state index contributed by atoms with van der Waals surface area (Å²) >= 11 is 0. The number of non-ortho nitro benzene ring substituents is 1. The van der Waals surface area contributed by atoms with Crippen LogP contribution in [-0.2, 0) is 10.0 Å². The van der Waals surface area contributed by atoms with Gasteiger partial charge in [0.05, 0.1) is 10.6 Å². The largest absolute Gasteiger partial charge is 0.360 e. The fourth-order valence-corrected chi connectivity index (χ4v) is 2.72. The van der Waals surface area contributed by atoms with E-state index >= 15 is 0 Å². The molecule has 21 heavy (non-hydrogen) atoms. The average Bonchev–Trinajstić information content (AvgIpc) is 2.82. The van der Waals surface area contributed by atoms with Gasteiger partial charge in [-0.1, -0.05) is 5.16 Å². The average molecular weight is 313 g/mol. The highest BCUT2D eigenvalue weighted by molar-refractivity contribution is 7.92. The molecular weight excluding hydrogens is 302 g/mol. The van der Waals surface area contributed by atoms with Gasteiger partial charge in [-0.2, -0.15) is 0 Å². The molecule has 10 nitrogen and oxygen atoms in total. The van der Waals surface area contributed by atoms with Gasteiger partial charge in [0, 0.05) is 18.2 Å². The minimum Gasteiger partial charge on any atom is -0.360 e. The molecule has 1 aromatic carbocycles. The van der Waals surface area contributed by atoms with Crippen molar-refractivity contribution in [3.8, 4) is 0 Å². The van der Waals surface area contributed by atoms with Gasteiger partial charge in [0.2, 0.25) is 0 Å². The second kappa shape index (κ2) is 5.38. The number of nitrogen functional groups attached to an aromatic ring is 1. The number of anilines is 2. The van der Waals surface area contributed by atoms with Gasteiger partial charge in [-0.25, -0.2) is 8.42 Å². The molecule has 0 aliphatic carbocycles. The van der Waals surface area contributed by atoms with Crippen molar-refractivity contribution in [1.82, 2.24) is 5.16 Å². The first-order valence-corrected chi connectivity index (χ1v) is 7.03. The summed E-state index contributed by atoms with van der Waals surface area (Å²) < 4.78 is 31.4. The minimum atomic E-state index is -4.02. The highest BCUT2D eigenvalue weighted by Crippen LogP contribution is 2.27. The zero-order chi connectivity index (χ0) is 15.6. The van der Waals surface area contributed by atoms with Crippen LogP contribution in [0.3, 0.4) is 0 Å². The zero-order valence-electron chi connectivity index (χ0n) is 10.7. The summed E-state index contributed by atoms with van der Waals surface area (Å²) in [6.45, 7) is 1.60. The number of sulfonamides is 1. The first kappa shape index (κ1) is 14.7. The van der Waals surface area contributed by atoms with Crippen molar-refractivity contribution in [2.75, 3.05) is 10.1 Å². The topological polar surface area (TPSA) is 153 Å². The Morgan fingerprint density at radius 2 is 2.10 bits per heavy atom. The van der Waals surface area contributed by atoms with Crippen LogP contribution in [0, 0.1) is 17.0 Å². The van der Waals surface area contributed by atoms with Crippen LogP contribution in [0.5, 0.6) is 0 Å². The van der Waals surface area contributed by atoms with Gasteiger partial charge in [-0.3, -0.25) is 20.7 Å². The number of aromatic nitrogens is 1. The van der Waals surface area contributed by atoms with Crippen LogP contribution in [-0.4, -0.2) is 18.5 Å². The Morgan fingerprint density at radius 1 is 1.38 bits per heavy atom. The third kappa shape index (κ3) is 3.09. The predicted octanol–water partition coefficient (Wildman–Crippen LogP) is 0.978. The third-order valence-electron chi connectivity index (χ3n) is 2.49. The second-order valence-electron chi connectivity index (χ2n) is 4.01. The molecule has 0 saturated carbocycles. The Kier molecular flexibility index (Phi) is 3.78. The van der Waals surface area contributed by atoms with Crippen LogP contribution in [0.1, 0.15) is 5.76 Å². The number of rotatable bonds is 5. The number of nitro groups is 1. The van der Waals surface area contributed by atoms with Crippen LogP contribution < -0.4 is 16.0 Å². The van der Waals surface area contributed by atoms with E-state index in [-0.39, 0.29) is 22.1 Å². The van der Waals surface area contributed by atoms with Crippen molar-refractivity contribution in [3.63, 3.8) is 0 Å². The van der Waals surface area contributed by atoms with E-state index in [0.717, 1.165) is 18.2 Å². The minimum absolute atomic E-state index is 0.00572. The summed E-state index contributed by atoms with van der Waals surface area (Å²) in [5, 5.41) is 14.2. The first-order valence-electron chi connectivity index (χ1n) is 5.54. The molecule has 0 radical (unpaired) electrons. The van der Waals surface area contributed by atoms with E-state index < -0.39 is 14.9 Å². The lowest BCUT2D eigenvalue weighted by Gasteiger charge is -2.09. The third-order valence-corrected chi connectivity index (χ3v) is 3.90. The molecule has 4 N–H and O–H groups in total. The number of nitrogens with one attached hydrogen (secondary N) is 2. The molecule has 112 valence electrons. The van der Waals surface area contributed by atoms with Gasteiger partial charge in [-0.05, 0) is 13.0 Å². The molecule has 0 aliphatic heterocycles. The van der Waals surface area contributed by atoms with Crippen molar-refractivity contribution in [2.45, 2.75) is 11.8 Å². The molecule has 11 heteroatoms. The Hall–Kier alpha value is -2.66. The molecule has 2 rings (SSSR count). The molecule has 0 unspecified atom stereocenters. The molecular formula is C10H11N5O5S. The molecule has 0 spiro atoms. The van der Waals surface area contributed by atoms with E-state index in [4.69, 9.17) is 10.4 Å². The van der Waals surface area contributed by atoms with E-state index in [2.05, 4.69) is 15.3 Å². The molecule has 0 fully saturated rings. The molecule has 0 bridgehead atoms. The number of nitrogens with two attached hydrogens (primary N) is 1. The lowest BCUT2D eigenvalue weighted by atomic mass is 10.3. The lowest BCUT2D eigenvalue weighted by Crippen LogP contribution is -2.18. The Bertz CT molecular complexity index is 785. The number of nitrogens with zero attached hydrogens (tertiary/aromatic N) is 2. The Labute approximate surface area is 119 Å². The van der Waals surface area contributed by atoms with Gasteiger partial charge < -0.3 is 9.95 Å². The Morgan fingerprint density at radius 3 is 2.62 bits per heavy atom. The van der Waals surface area contributed by atoms with Crippen LogP contribution in [0.4, 0.5) is 17.2 Å². The molecule has 0 saturated heterocycles. The standard InChI is InChI=1S/C10H11N5O5S/c1-6-4-10(13-20-6)14-21(18,19)9-3-2-7(15(16)17)5-8(9)12-11/h2-5,12H,11H2,1H3,(H,13,14). The van der Waals surface area contributed by atoms with Crippen LogP contribution in [0.2, 0.25) is 0 Å². The van der Waals surface area contributed by atoms with Gasteiger partial charge >= 0.3 is 0 Å². The maximum Gasteiger partial charge on any atom is 0.271 e. The van der Waals surface area contributed by atoms with Crippen molar-refractivity contribution in [1.29, 1.82) is 0 Å². The summed E-state index contributed by atoms with van der Waals surface area (Å²) in [5.41, 5.74) is 1.71. The van der Waals surface area contributed by atoms with E-state index in [1.807, 2.05) is 0 Å². The SMILES string of the molecule is Cc1cc(NS(=O)(=O)c2ccc([N+](=O)[O-])cc2NN)no1. The van der Waals surface area contributed by atoms with Crippen LogP contribution in [0.25, 0.3) is 0 Å². The molecule has 1 aromatic heterocycles. The number of benzene rings is 1. The molecule has 1 heterocycles. The lowest BCUT2D eigenvalue weighted by molar-refractivity contribution is -0.384. The van der Waals surface area contributed by atoms with Crippen molar-refractivity contribution >= 4 is 27.2 Å². The fourth-order valence-electron chi connectivity index (χ4n) is 1.59. The predicted molar refractivity (Wildman–Crippen MR) is 73.0 cm³/mol. The van der Waals surface area contributed by atoms with Crippen LogP contribution in [0.15, 0.2) is 33.7 Å². The maximum absolute atomic E-state index is 12.2. The highest BCUT2D eigenvalue weighted by atomic mass is 32.2. The van der Waals surface area contributed by atoms with Crippen molar-refractivity contribution in [3.05, 3.63) is 40.1 Å². The van der Waals surface area contributed by atoms with Gasteiger partial charge in [0.25, 0.3) is 15.7 Å². The quantitative estimate of drug-likeness (QED) is 0.419. The zero-order valence-corrected chi connectivity index (χ0v) is 11.5. The number of nitro benzene ring substituents is 1. The Balaban J connectivity index is 2.42. The van der Waals surface area contributed by atoms with E-state index in [9.17, 15) is 18.5 Å². The summed E-state index contributed by atoms with van der Waals surface area (Å²) in [4.78, 5) is 9.76. The summed E-state index contributed by atoms with van der Waals surface area (Å²) in [6.07, 6.45) is 0. The maximum atomic E-state index is 12.2. The molecule has 0 atom stereocenters. The number of aryl methyl sites for hydroxylation is 1. The van der Waals surface area contributed by atoms with E-state index in [1.165, 1.54) is 6.07 Å². The van der Waals surface area contributed by atoms with Gasteiger partial charge in [0.1, 0.15) is 10.7 Å². The second-order valence-corrected chi connectivity index (χ2v) is 5.66. The molecule has 0 aliphatic rings. The first-order chi connectivity index (χ1) is 9.83. The smallest absolute Gasteiger partial charge is 0.271 e. The number of hydrazine groups is 1.